The van der Waals surface area contributed by atoms with Gasteiger partial charge in [-0.2, -0.15) is 0 Å². The van der Waals surface area contributed by atoms with Gasteiger partial charge in [-0.1, -0.05) is 23.7 Å². The number of carbonyl (C=O) groups excluding carboxylic acids is 2. The Labute approximate surface area is 186 Å². The molecule has 2 aromatic carbocycles. The number of nitro groups is 1. The van der Waals surface area contributed by atoms with E-state index in [1.807, 2.05) is 0 Å². The Morgan fingerprint density at radius 1 is 1.16 bits per heavy atom. The maximum Gasteiger partial charge on any atom is 0.293 e. The Morgan fingerprint density at radius 2 is 1.97 bits per heavy atom. The third kappa shape index (κ3) is 4.40. The molecule has 7 nitrogen and oxygen atoms in total. The number of thioether (sulfide) groups is 1. The lowest BCUT2D eigenvalue weighted by molar-refractivity contribution is -0.385. The molecule has 1 saturated heterocycles. The number of hydrogen-bond acceptors (Lipinski definition) is 6. The summed E-state index contributed by atoms with van der Waals surface area (Å²) in [5.41, 5.74) is 1.98. The van der Waals surface area contributed by atoms with Gasteiger partial charge in [0, 0.05) is 28.3 Å². The minimum Gasteiger partial charge on any atom is -0.457 e. The largest absolute Gasteiger partial charge is 0.457 e. The highest BCUT2D eigenvalue weighted by atomic mass is 35.5. The Morgan fingerprint density at radius 3 is 2.68 bits per heavy atom. The van der Waals surface area contributed by atoms with Gasteiger partial charge in [-0.3, -0.25) is 24.6 Å². The second-order valence-electron chi connectivity index (χ2n) is 6.86. The van der Waals surface area contributed by atoms with Crippen LogP contribution in [0.25, 0.3) is 17.4 Å². The van der Waals surface area contributed by atoms with Gasteiger partial charge in [0.15, 0.2) is 0 Å². The van der Waals surface area contributed by atoms with Crippen molar-refractivity contribution >= 4 is 46.3 Å². The summed E-state index contributed by atoms with van der Waals surface area (Å²) in [6, 6.07) is 15.1. The Hall–Kier alpha value is -3.36. The highest BCUT2D eigenvalue weighted by Gasteiger charge is 2.35. The minimum atomic E-state index is -0.438. The molecular formula is C22H15ClN2O5S. The number of nitrogens with zero attached hydrogens (tertiary/aromatic N) is 2. The van der Waals surface area contributed by atoms with Gasteiger partial charge in [0.2, 0.25) is 0 Å². The van der Waals surface area contributed by atoms with Crippen molar-refractivity contribution in [3.8, 4) is 11.3 Å². The minimum absolute atomic E-state index is 0.0314. The summed E-state index contributed by atoms with van der Waals surface area (Å²) in [7, 11) is 0. The monoisotopic (exact) mass is 454 g/mol. The van der Waals surface area contributed by atoms with Gasteiger partial charge >= 0.3 is 0 Å². The molecule has 0 N–H and O–H groups in total. The van der Waals surface area contributed by atoms with Crippen molar-refractivity contribution in [2.24, 2.45) is 0 Å². The Bertz CT molecular complexity index is 1250. The van der Waals surface area contributed by atoms with Crippen molar-refractivity contribution in [2.45, 2.75) is 13.5 Å². The van der Waals surface area contributed by atoms with Crippen molar-refractivity contribution in [3.05, 3.63) is 91.5 Å². The fraction of sp³-hybridized carbons (Fsp3) is 0.0909. The van der Waals surface area contributed by atoms with E-state index >= 15 is 0 Å². The molecule has 1 fully saturated rings. The molecule has 0 atom stereocenters. The molecule has 0 radical (unpaired) electrons. The predicted octanol–water partition coefficient (Wildman–Crippen LogP) is 6.05. The first kappa shape index (κ1) is 20.9. The van der Waals surface area contributed by atoms with Gasteiger partial charge in [-0.15, -0.1) is 0 Å². The molecule has 3 aromatic rings. The molecule has 1 aliphatic heterocycles. The van der Waals surface area contributed by atoms with E-state index in [4.69, 9.17) is 16.0 Å². The molecule has 0 bridgehead atoms. The molecule has 9 heteroatoms. The Balaban J connectivity index is 1.54. The van der Waals surface area contributed by atoms with Crippen LogP contribution in [0.15, 0.2) is 63.9 Å². The summed E-state index contributed by atoms with van der Waals surface area (Å²) in [4.78, 5) is 37.0. The van der Waals surface area contributed by atoms with Crippen LogP contribution in [-0.4, -0.2) is 21.0 Å². The lowest BCUT2D eigenvalue weighted by Gasteiger charge is -2.12. The van der Waals surface area contributed by atoms with Crippen molar-refractivity contribution in [1.82, 2.24) is 4.90 Å². The second kappa shape index (κ2) is 8.41. The maximum absolute atomic E-state index is 12.7. The molecule has 1 aliphatic rings. The lowest BCUT2D eigenvalue weighted by atomic mass is 10.1. The number of rotatable bonds is 5. The van der Waals surface area contributed by atoms with Gasteiger partial charge in [0.25, 0.3) is 16.8 Å². The lowest BCUT2D eigenvalue weighted by Crippen LogP contribution is -2.27. The van der Waals surface area contributed by atoms with Crippen LogP contribution in [0.1, 0.15) is 16.9 Å². The number of furan rings is 1. The molecule has 0 unspecified atom stereocenters. The molecule has 31 heavy (non-hydrogen) atoms. The van der Waals surface area contributed by atoms with Crippen LogP contribution in [0, 0.1) is 17.0 Å². The van der Waals surface area contributed by atoms with Gasteiger partial charge in [0.1, 0.15) is 11.5 Å². The third-order valence-corrected chi connectivity index (χ3v) is 5.82. The average molecular weight is 455 g/mol. The van der Waals surface area contributed by atoms with E-state index in [1.165, 1.54) is 12.1 Å². The maximum atomic E-state index is 12.7. The smallest absolute Gasteiger partial charge is 0.293 e. The summed E-state index contributed by atoms with van der Waals surface area (Å²) < 4.78 is 5.78. The second-order valence-corrected chi connectivity index (χ2v) is 8.29. The van der Waals surface area contributed by atoms with E-state index in [-0.39, 0.29) is 22.4 Å². The number of carbonyl (C=O) groups is 2. The molecule has 0 aliphatic carbocycles. The van der Waals surface area contributed by atoms with Crippen molar-refractivity contribution in [1.29, 1.82) is 0 Å². The molecule has 156 valence electrons. The number of halogens is 1. The van der Waals surface area contributed by atoms with Crippen LogP contribution in [-0.2, 0) is 11.3 Å². The summed E-state index contributed by atoms with van der Waals surface area (Å²) in [6.45, 7) is 1.79. The molecule has 2 heterocycles. The Kier molecular flexibility index (Phi) is 5.67. The predicted molar refractivity (Wildman–Crippen MR) is 119 cm³/mol. The van der Waals surface area contributed by atoms with E-state index in [1.54, 1.807) is 55.5 Å². The highest BCUT2D eigenvalue weighted by Crippen LogP contribution is 2.35. The average Bonchev–Trinajstić information content (AvgIpc) is 3.28. The van der Waals surface area contributed by atoms with E-state index in [9.17, 15) is 19.7 Å². The quantitative estimate of drug-likeness (QED) is 0.264. The summed E-state index contributed by atoms with van der Waals surface area (Å²) >= 11 is 6.82. The first-order valence-corrected chi connectivity index (χ1v) is 10.4. The van der Waals surface area contributed by atoms with E-state index in [0.717, 1.165) is 22.2 Å². The van der Waals surface area contributed by atoms with E-state index in [2.05, 4.69) is 0 Å². The molecule has 4 rings (SSSR count). The van der Waals surface area contributed by atoms with Gasteiger partial charge in [-0.25, -0.2) is 0 Å². The number of imide groups is 1. The number of nitro benzene ring substituents is 1. The van der Waals surface area contributed by atoms with Crippen molar-refractivity contribution < 1.29 is 18.9 Å². The van der Waals surface area contributed by atoms with Crippen LogP contribution in [0.3, 0.4) is 0 Å². The fourth-order valence-electron chi connectivity index (χ4n) is 3.18. The number of amides is 2. The zero-order valence-corrected chi connectivity index (χ0v) is 17.8. The molecular weight excluding hydrogens is 440 g/mol. The number of hydrogen-bond donors (Lipinski definition) is 0. The standard InChI is InChI=1S/C22H15ClN2O5S/c1-13-9-15(5-7-18(13)25(28)29)19-8-6-17(30-19)11-20-21(26)24(22(27)31-20)12-14-3-2-4-16(23)10-14/h2-11H,12H2,1H3/b20-11-. The normalized spacial score (nSPS) is 15.2. The zero-order chi connectivity index (χ0) is 22.1. The number of benzene rings is 2. The van der Waals surface area contributed by atoms with Crippen molar-refractivity contribution in [3.63, 3.8) is 0 Å². The van der Waals surface area contributed by atoms with Crippen molar-refractivity contribution in [2.75, 3.05) is 0 Å². The van der Waals surface area contributed by atoms with Crippen LogP contribution in [0.4, 0.5) is 10.5 Å². The number of aryl methyl sites for hydroxylation is 1. The fourth-order valence-corrected chi connectivity index (χ4v) is 4.21. The highest BCUT2D eigenvalue weighted by molar-refractivity contribution is 8.18. The third-order valence-electron chi connectivity index (χ3n) is 4.68. The molecule has 1 aromatic heterocycles. The van der Waals surface area contributed by atoms with Crippen LogP contribution in [0.2, 0.25) is 5.02 Å². The summed E-state index contributed by atoms with van der Waals surface area (Å²) in [5, 5.41) is 11.2. The van der Waals surface area contributed by atoms with E-state index < -0.39 is 10.8 Å². The zero-order valence-electron chi connectivity index (χ0n) is 16.2. The van der Waals surface area contributed by atoms with Gasteiger partial charge in [-0.05, 0) is 60.6 Å². The van der Waals surface area contributed by atoms with E-state index in [0.29, 0.717) is 27.7 Å². The first-order valence-electron chi connectivity index (χ1n) is 9.17. The van der Waals surface area contributed by atoms with Crippen LogP contribution >= 0.6 is 23.4 Å². The summed E-state index contributed by atoms with van der Waals surface area (Å²) in [5.74, 6) is 0.501. The van der Waals surface area contributed by atoms with Crippen LogP contribution in [0.5, 0.6) is 0 Å². The SMILES string of the molecule is Cc1cc(-c2ccc(/C=C3\SC(=O)N(Cc4cccc(Cl)c4)C3=O)o2)ccc1[N+](=O)[O-]. The topological polar surface area (TPSA) is 93.7 Å². The first-order chi connectivity index (χ1) is 14.8. The molecule has 0 saturated carbocycles. The molecule has 0 spiro atoms. The summed E-state index contributed by atoms with van der Waals surface area (Å²) in [6.07, 6.45) is 1.52. The van der Waals surface area contributed by atoms with Gasteiger partial charge in [0.05, 0.1) is 16.4 Å². The van der Waals surface area contributed by atoms with Gasteiger partial charge < -0.3 is 4.42 Å². The van der Waals surface area contributed by atoms with Crippen LogP contribution < -0.4 is 0 Å². The molecule has 2 amide bonds.